The fraction of sp³-hybridized carbons (Fsp3) is 0.174. The molecule has 0 fully saturated rings. The third kappa shape index (κ3) is 4.28. The molecule has 30 heavy (non-hydrogen) atoms. The number of phenolic OH excluding ortho intramolecular Hbond substituents is 1. The summed E-state index contributed by atoms with van der Waals surface area (Å²) in [6.45, 7) is 0. The van der Waals surface area contributed by atoms with Gasteiger partial charge in [-0.1, -0.05) is 65.1 Å². The van der Waals surface area contributed by atoms with Crippen LogP contribution in [0.1, 0.15) is 35.3 Å². The molecule has 154 valence electrons. The lowest BCUT2D eigenvalue weighted by Gasteiger charge is -2.31. The number of hydrogen-bond donors (Lipinski definition) is 2. The molecule has 0 radical (unpaired) electrons. The van der Waals surface area contributed by atoms with Gasteiger partial charge in [0.2, 0.25) is 0 Å². The summed E-state index contributed by atoms with van der Waals surface area (Å²) in [7, 11) is 1.53. The molecule has 0 saturated carbocycles. The van der Waals surface area contributed by atoms with E-state index in [4.69, 9.17) is 44.5 Å². The van der Waals surface area contributed by atoms with Crippen molar-refractivity contribution in [3.63, 3.8) is 0 Å². The molecule has 7 heteroatoms. The van der Waals surface area contributed by atoms with Crippen LogP contribution in [0.3, 0.4) is 0 Å². The van der Waals surface area contributed by atoms with Crippen LogP contribution in [0.4, 0.5) is 0 Å². The van der Waals surface area contributed by atoms with Gasteiger partial charge < -0.3 is 9.84 Å². The van der Waals surface area contributed by atoms with E-state index >= 15 is 0 Å². The van der Waals surface area contributed by atoms with Gasteiger partial charge in [-0.25, -0.2) is 0 Å². The van der Waals surface area contributed by atoms with Crippen molar-refractivity contribution in [3.05, 3.63) is 92.4 Å². The summed E-state index contributed by atoms with van der Waals surface area (Å²) in [5.41, 5.74) is 3.38. The molecule has 0 saturated heterocycles. The molecule has 2 atom stereocenters. The number of rotatable bonds is 4. The summed E-state index contributed by atoms with van der Waals surface area (Å²) in [6, 6.07) is 18.1. The van der Waals surface area contributed by atoms with E-state index in [-0.39, 0.29) is 11.8 Å². The van der Waals surface area contributed by atoms with Gasteiger partial charge in [-0.2, -0.15) is 0 Å². The Bertz CT molecular complexity index is 1100. The summed E-state index contributed by atoms with van der Waals surface area (Å²) in [6.07, 6.45) is 0.161. The Balaban J connectivity index is 1.79. The van der Waals surface area contributed by atoms with Crippen LogP contribution in [0.15, 0.2) is 65.7 Å². The first-order chi connectivity index (χ1) is 14.5. The molecular weight excluding hydrogens is 443 g/mol. The Morgan fingerprint density at radius 3 is 2.40 bits per heavy atom. The van der Waals surface area contributed by atoms with Crippen LogP contribution < -0.4 is 10.1 Å². The van der Waals surface area contributed by atoms with Crippen LogP contribution in [-0.4, -0.2) is 17.9 Å². The smallest absolute Gasteiger partial charge is 0.162 e. The van der Waals surface area contributed by atoms with Crippen LogP contribution >= 0.6 is 34.8 Å². The van der Waals surface area contributed by atoms with Crippen molar-refractivity contribution >= 4 is 40.5 Å². The minimum absolute atomic E-state index is 0.107. The average molecular weight is 462 g/mol. The Hall–Kier alpha value is -2.24. The van der Waals surface area contributed by atoms with Crippen molar-refractivity contribution in [1.82, 2.24) is 5.32 Å². The molecule has 1 aliphatic rings. The largest absolute Gasteiger partial charge is 0.504 e. The SMILES string of the molecule is COc1cccc([C@@H]2CC(c3ccc(Cl)cc3)=N[C@@H](c3ccc(Cl)cc3Cl)N2)c1O. The van der Waals surface area contributed by atoms with Gasteiger partial charge in [-0.15, -0.1) is 0 Å². The molecule has 1 heterocycles. The Kier molecular flexibility index (Phi) is 6.21. The molecule has 0 amide bonds. The minimum Gasteiger partial charge on any atom is -0.504 e. The maximum absolute atomic E-state index is 10.7. The lowest BCUT2D eigenvalue weighted by molar-refractivity contribution is 0.360. The summed E-state index contributed by atoms with van der Waals surface area (Å²) in [5, 5.41) is 16.0. The van der Waals surface area contributed by atoms with Gasteiger partial charge in [0, 0.05) is 44.4 Å². The maximum atomic E-state index is 10.7. The van der Waals surface area contributed by atoms with Crippen LogP contribution in [-0.2, 0) is 0 Å². The van der Waals surface area contributed by atoms with Gasteiger partial charge >= 0.3 is 0 Å². The van der Waals surface area contributed by atoms with Crippen LogP contribution in [0.5, 0.6) is 11.5 Å². The van der Waals surface area contributed by atoms with Crippen molar-refractivity contribution in [3.8, 4) is 11.5 Å². The number of para-hydroxylation sites is 1. The van der Waals surface area contributed by atoms with Crippen LogP contribution in [0.25, 0.3) is 0 Å². The number of nitrogens with zero attached hydrogens (tertiary/aromatic N) is 1. The van der Waals surface area contributed by atoms with Crippen molar-refractivity contribution in [2.75, 3.05) is 7.11 Å². The van der Waals surface area contributed by atoms with Gasteiger partial charge in [0.25, 0.3) is 0 Å². The van der Waals surface area contributed by atoms with Gasteiger partial charge in [0.05, 0.1) is 7.11 Å². The highest BCUT2D eigenvalue weighted by atomic mass is 35.5. The highest BCUT2D eigenvalue weighted by Gasteiger charge is 2.29. The van der Waals surface area contributed by atoms with E-state index in [1.165, 1.54) is 7.11 Å². The van der Waals surface area contributed by atoms with Crippen molar-refractivity contribution in [2.24, 2.45) is 4.99 Å². The van der Waals surface area contributed by atoms with Crippen LogP contribution in [0.2, 0.25) is 15.1 Å². The zero-order chi connectivity index (χ0) is 21.3. The number of phenols is 1. The lowest BCUT2D eigenvalue weighted by atomic mass is 9.93. The second-order valence-electron chi connectivity index (χ2n) is 6.97. The number of hydrogen-bond acceptors (Lipinski definition) is 4. The fourth-order valence-electron chi connectivity index (χ4n) is 3.59. The summed E-state index contributed by atoms with van der Waals surface area (Å²) in [4.78, 5) is 4.91. The number of ether oxygens (including phenoxy) is 1. The molecule has 3 aromatic rings. The molecule has 0 bridgehead atoms. The van der Waals surface area contributed by atoms with Gasteiger partial charge in [-0.05, 0) is 35.9 Å². The van der Waals surface area contributed by atoms with Crippen LogP contribution in [0, 0.1) is 0 Å². The molecule has 0 aliphatic carbocycles. The number of nitrogens with one attached hydrogen (secondary N) is 1. The predicted molar refractivity (Wildman–Crippen MR) is 122 cm³/mol. The zero-order valence-electron chi connectivity index (χ0n) is 16.1. The van der Waals surface area contributed by atoms with E-state index in [2.05, 4.69) is 5.32 Å². The molecule has 1 aliphatic heterocycles. The van der Waals surface area contributed by atoms with E-state index in [0.29, 0.717) is 27.2 Å². The monoisotopic (exact) mass is 460 g/mol. The van der Waals surface area contributed by atoms with E-state index in [1.807, 2.05) is 42.5 Å². The van der Waals surface area contributed by atoms with Gasteiger partial charge in [0.1, 0.15) is 6.17 Å². The zero-order valence-corrected chi connectivity index (χ0v) is 18.3. The summed E-state index contributed by atoms with van der Waals surface area (Å²) < 4.78 is 5.29. The fourth-order valence-corrected chi connectivity index (χ4v) is 4.23. The Labute approximate surface area is 190 Å². The summed E-state index contributed by atoms with van der Waals surface area (Å²) in [5.74, 6) is 0.529. The molecular formula is C23H19Cl3N2O2. The second-order valence-corrected chi connectivity index (χ2v) is 8.25. The summed E-state index contributed by atoms with van der Waals surface area (Å²) >= 11 is 18.6. The minimum atomic E-state index is -0.412. The van der Waals surface area contributed by atoms with E-state index < -0.39 is 6.17 Å². The first-order valence-corrected chi connectivity index (χ1v) is 10.5. The second kappa shape index (κ2) is 8.86. The maximum Gasteiger partial charge on any atom is 0.162 e. The van der Waals surface area contributed by atoms with E-state index in [0.717, 1.165) is 22.4 Å². The van der Waals surface area contributed by atoms with Gasteiger partial charge in [0.15, 0.2) is 11.5 Å². The highest BCUT2D eigenvalue weighted by molar-refractivity contribution is 6.35. The normalized spacial score (nSPS) is 18.7. The third-order valence-electron chi connectivity index (χ3n) is 5.10. The number of halogens is 3. The van der Waals surface area contributed by atoms with Gasteiger partial charge in [-0.3, -0.25) is 10.3 Å². The van der Waals surface area contributed by atoms with E-state index in [9.17, 15) is 5.11 Å². The molecule has 3 aromatic carbocycles. The van der Waals surface area contributed by atoms with Crippen molar-refractivity contribution in [2.45, 2.75) is 18.6 Å². The molecule has 0 spiro atoms. The molecule has 4 rings (SSSR count). The standard InChI is InChI=1S/C23H19Cl3N2O2/c1-30-21-4-2-3-17(22(21)29)20-12-19(13-5-7-14(24)8-6-13)27-23(28-20)16-10-9-15(25)11-18(16)26/h2-11,20,23,28-29H,12H2,1H3/t20-,23+/m0/s1. The number of aliphatic imine (C=N–C) groups is 1. The topological polar surface area (TPSA) is 53.8 Å². The number of methoxy groups -OCH3 is 1. The molecule has 2 N–H and O–H groups in total. The first-order valence-electron chi connectivity index (χ1n) is 9.35. The Morgan fingerprint density at radius 2 is 1.70 bits per heavy atom. The van der Waals surface area contributed by atoms with Crippen molar-refractivity contribution in [1.29, 1.82) is 0 Å². The van der Waals surface area contributed by atoms with E-state index in [1.54, 1.807) is 18.2 Å². The number of benzene rings is 3. The first kappa shape index (κ1) is 21.0. The number of aromatic hydroxyl groups is 1. The quantitative estimate of drug-likeness (QED) is 0.461. The van der Waals surface area contributed by atoms with Crippen molar-refractivity contribution < 1.29 is 9.84 Å². The Morgan fingerprint density at radius 1 is 0.967 bits per heavy atom. The average Bonchev–Trinajstić information content (AvgIpc) is 2.74. The third-order valence-corrected chi connectivity index (χ3v) is 5.92. The predicted octanol–water partition coefficient (Wildman–Crippen LogP) is 6.58. The molecule has 0 unspecified atom stereocenters. The highest BCUT2D eigenvalue weighted by Crippen LogP contribution is 2.40. The lowest BCUT2D eigenvalue weighted by Crippen LogP contribution is -2.33. The molecule has 0 aromatic heterocycles. The molecule has 4 nitrogen and oxygen atoms in total.